The second-order valence-corrected chi connectivity index (χ2v) is 9.46. The first-order valence-electron chi connectivity index (χ1n) is 9.36. The molecule has 0 aliphatic heterocycles. The third-order valence-corrected chi connectivity index (χ3v) is 7.21. The van der Waals surface area contributed by atoms with E-state index in [1.54, 1.807) is 10.6 Å². The van der Waals surface area contributed by atoms with Crippen LogP contribution >= 0.6 is 22.7 Å². The van der Waals surface area contributed by atoms with Crippen LogP contribution in [0.25, 0.3) is 0 Å². The lowest BCUT2D eigenvalue weighted by Gasteiger charge is -2.24. The largest absolute Gasteiger partial charge is 0.465 e. The molecule has 2 aromatic rings. The number of hydrogen-bond donors (Lipinski definition) is 2. The zero-order valence-corrected chi connectivity index (χ0v) is 20.4. The molecule has 0 aromatic carbocycles. The van der Waals surface area contributed by atoms with Crippen molar-refractivity contribution < 1.29 is 46.2 Å². The molecule has 0 atom stereocenters. The highest BCUT2D eigenvalue weighted by molar-refractivity contribution is 7.17. The summed E-state index contributed by atoms with van der Waals surface area (Å²) < 4.78 is 67.3. The first-order chi connectivity index (χ1) is 15.6. The molecule has 0 spiro atoms. The Labute approximate surface area is 199 Å². The van der Waals surface area contributed by atoms with Crippen LogP contribution in [-0.4, -0.2) is 49.8 Å². The van der Waals surface area contributed by atoms with Crippen LogP contribution in [0.2, 0.25) is 0 Å². The normalized spacial score (nSPS) is 11.7. The third kappa shape index (κ3) is 4.64. The molecule has 2 N–H and O–H groups in total. The fraction of sp³-hybridized carbons (Fsp3) is 0.400. The van der Waals surface area contributed by atoms with Gasteiger partial charge < -0.3 is 20.1 Å². The minimum absolute atomic E-state index is 0.269. The van der Waals surface area contributed by atoms with Gasteiger partial charge in [-0.3, -0.25) is 9.59 Å². The number of thiophene rings is 2. The standard InChI is InChI=1S/C20H20F4N2O6S2/c1-7-9(3)33-13(11(7)15(27)31-5)25-17(29)19(21,22)20(23,24)18(30)26-14-12(16(28)32-6)8(2)10(4)34-14/h1-6H3,(H,25,29)(H,26,30). The van der Waals surface area contributed by atoms with E-state index in [1.165, 1.54) is 27.7 Å². The Morgan fingerprint density at radius 3 is 1.24 bits per heavy atom. The Bertz CT molecular complexity index is 1080. The molecule has 0 fully saturated rings. The molecule has 0 saturated heterocycles. The monoisotopic (exact) mass is 524 g/mol. The van der Waals surface area contributed by atoms with Gasteiger partial charge in [0.2, 0.25) is 0 Å². The maximum Gasteiger partial charge on any atom is 0.396 e. The molecule has 0 unspecified atom stereocenters. The van der Waals surface area contributed by atoms with Crippen LogP contribution in [0.5, 0.6) is 0 Å². The predicted molar refractivity (Wildman–Crippen MR) is 117 cm³/mol. The summed E-state index contributed by atoms with van der Waals surface area (Å²) in [7, 11) is 2.04. The van der Waals surface area contributed by atoms with Gasteiger partial charge in [-0.05, 0) is 38.8 Å². The van der Waals surface area contributed by atoms with Crippen LogP contribution in [0.1, 0.15) is 41.6 Å². The minimum Gasteiger partial charge on any atom is -0.465 e. The lowest BCUT2D eigenvalue weighted by Crippen LogP contribution is -2.56. The van der Waals surface area contributed by atoms with Gasteiger partial charge in [-0.15, -0.1) is 22.7 Å². The van der Waals surface area contributed by atoms with Gasteiger partial charge in [0, 0.05) is 9.75 Å². The molecule has 0 saturated carbocycles. The number of alkyl halides is 4. The highest BCUT2D eigenvalue weighted by Crippen LogP contribution is 2.40. The maximum absolute atomic E-state index is 14.5. The van der Waals surface area contributed by atoms with E-state index >= 15 is 0 Å². The number of aryl methyl sites for hydroxylation is 2. The van der Waals surface area contributed by atoms with Crippen molar-refractivity contribution in [1.29, 1.82) is 0 Å². The molecule has 2 heterocycles. The summed E-state index contributed by atoms with van der Waals surface area (Å²) in [5, 5.41) is 2.34. The summed E-state index contributed by atoms with van der Waals surface area (Å²) in [4.78, 5) is 49.1. The minimum atomic E-state index is -5.52. The Hall–Kier alpha value is -3.00. The van der Waals surface area contributed by atoms with Crippen LogP contribution in [0.15, 0.2) is 0 Å². The Kier molecular flexibility index (Phi) is 7.77. The smallest absolute Gasteiger partial charge is 0.396 e. The molecule has 0 aliphatic carbocycles. The van der Waals surface area contributed by atoms with Gasteiger partial charge in [0.15, 0.2) is 0 Å². The van der Waals surface area contributed by atoms with E-state index in [-0.39, 0.29) is 11.1 Å². The van der Waals surface area contributed by atoms with Crippen molar-refractivity contribution in [3.05, 3.63) is 32.0 Å². The van der Waals surface area contributed by atoms with E-state index in [9.17, 15) is 36.7 Å². The number of halogens is 4. The number of anilines is 2. The Balaban J connectivity index is 2.36. The first kappa shape index (κ1) is 27.2. The molecule has 0 aliphatic rings. The molecule has 8 nitrogen and oxygen atoms in total. The molecule has 2 aromatic heterocycles. The SMILES string of the molecule is COC(=O)c1c(NC(=O)C(F)(F)C(F)(F)C(=O)Nc2sc(C)c(C)c2C(=O)OC)sc(C)c1C. The fourth-order valence-corrected chi connectivity index (χ4v) is 4.86. The van der Waals surface area contributed by atoms with Crippen molar-refractivity contribution in [2.24, 2.45) is 0 Å². The zero-order chi connectivity index (χ0) is 26.2. The summed E-state index contributed by atoms with van der Waals surface area (Å²) >= 11 is 1.40. The van der Waals surface area contributed by atoms with Crippen molar-refractivity contribution in [2.75, 3.05) is 24.9 Å². The third-order valence-electron chi connectivity index (χ3n) is 4.97. The Morgan fingerprint density at radius 1 is 0.676 bits per heavy atom. The van der Waals surface area contributed by atoms with Crippen LogP contribution in [0.4, 0.5) is 27.6 Å². The Morgan fingerprint density at radius 2 is 0.971 bits per heavy atom. The van der Waals surface area contributed by atoms with Gasteiger partial charge in [-0.1, -0.05) is 0 Å². The zero-order valence-electron chi connectivity index (χ0n) is 18.8. The second-order valence-electron chi connectivity index (χ2n) is 7.01. The van der Waals surface area contributed by atoms with E-state index in [1.807, 2.05) is 0 Å². The van der Waals surface area contributed by atoms with E-state index in [0.717, 1.165) is 14.2 Å². The summed E-state index contributed by atoms with van der Waals surface area (Å²) in [6.45, 7) is 5.95. The fourth-order valence-electron chi connectivity index (χ4n) is 2.77. The van der Waals surface area contributed by atoms with Crippen LogP contribution in [0, 0.1) is 27.7 Å². The number of nitrogens with one attached hydrogen (secondary N) is 2. The van der Waals surface area contributed by atoms with Crippen molar-refractivity contribution in [1.82, 2.24) is 0 Å². The molecular weight excluding hydrogens is 504 g/mol. The number of hydrogen-bond acceptors (Lipinski definition) is 8. The summed E-state index contributed by atoms with van der Waals surface area (Å²) in [5.74, 6) is -18.0. The lowest BCUT2D eigenvalue weighted by atomic mass is 10.1. The molecule has 0 bridgehead atoms. The molecule has 186 valence electrons. The first-order valence-corrected chi connectivity index (χ1v) is 11.0. The molecule has 2 rings (SSSR count). The highest BCUT2D eigenvalue weighted by atomic mass is 32.1. The van der Waals surface area contributed by atoms with Gasteiger partial charge in [-0.25, -0.2) is 9.59 Å². The lowest BCUT2D eigenvalue weighted by molar-refractivity contribution is -0.204. The van der Waals surface area contributed by atoms with Crippen molar-refractivity contribution in [3.8, 4) is 0 Å². The number of esters is 2. The van der Waals surface area contributed by atoms with Gasteiger partial charge >= 0.3 is 35.6 Å². The van der Waals surface area contributed by atoms with Crippen LogP contribution in [0.3, 0.4) is 0 Å². The molecule has 34 heavy (non-hydrogen) atoms. The highest BCUT2D eigenvalue weighted by Gasteiger charge is 2.67. The number of carbonyl (C=O) groups excluding carboxylic acids is 4. The molecule has 14 heteroatoms. The van der Waals surface area contributed by atoms with Crippen molar-refractivity contribution in [2.45, 2.75) is 39.5 Å². The average molecular weight is 525 g/mol. The number of amides is 2. The average Bonchev–Trinajstić information content (AvgIpc) is 3.20. The number of ether oxygens (including phenoxy) is 2. The van der Waals surface area contributed by atoms with Crippen LogP contribution < -0.4 is 10.6 Å². The van der Waals surface area contributed by atoms with Crippen molar-refractivity contribution in [3.63, 3.8) is 0 Å². The summed E-state index contributed by atoms with van der Waals surface area (Å²) in [6.07, 6.45) is 0. The molecular formula is C20H20F4N2O6S2. The quantitative estimate of drug-likeness (QED) is 0.409. The summed E-state index contributed by atoms with van der Waals surface area (Å²) in [6, 6.07) is 0. The van der Waals surface area contributed by atoms with E-state index < -0.39 is 45.6 Å². The maximum atomic E-state index is 14.5. The topological polar surface area (TPSA) is 111 Å². The van der Waals surface area contributed by atoms with E-state index in [4.69, 9.17) is 0 Å². The second kappa shape index (κ2) is 9.70. The number of carbonyl (C=O) groups is 4. The van der Waals surface area contributed by atoms with Crippen molar-refractivity contribution >= 4 is 56.4 Å². The van der Waals surface area contributed by atoms with Gasteiger partial charge in [0.05, 0.1) is 25.3 Å². The van der Waals surface area contributed by atoms with Gasteiger partial charge in [0.25, 0.3) is 0 Å². The van der Waals surface area contributed by atoms with E-state index in [2.05, 4.69) is 9.47 Å². The van der Waals surface area contributed by atoms with Gasteiger partial charge in [-0.2, -0.15) is 17.6 Å². The van der Waals surface area contributed by atoms with Gasteiger partial charge in [0.1, 0.15) is 10.0 Å². The molecule has 2 amide bonds. The predicted octanol–water partition coefficient (Wildman–Crippen LogP) is 4.46. The van der Waals surface area contributed by atoms with Crippen LogP contribution in [-0.2, 0) is 19.1 Å². The number of methoxy groups -OCH3 is 2. The summed E-state index contributed by atoms with van der Waals surface area (Å²) in [5.41, 5.74) is 0.0702. The molecule has 0 radical (unpaired) electrons. The van der Waals surface area contributed by atoms with E-state index in [0.29, 0.717) is 43.6 Å². The number of rotatable bonds is 7.